The maximum Gasteiger partial charge on any atom is 0.211 e. The van der Waals surface area contributed by atoms with Crippen LogP contribution in [-0.2, 0) is 4.79 Å². The fraction of sp³-hybridized carbons (Fsp3) is 0.118. The Labute approximate surface area is 117 Å². The molecular weight excluding hydrogens is 248 g/mol. The first-order valence-corrected chi connectivity index (χ1v) is 6.55. The number of rotatable bonds is 3. The molecule has 20 heavy (non-hydrogen) atoms. The van der Waals surface area contributed by atoms with Gasteiger partial charge in [-0.2, -0.15) is 0 Å². The topological polar surface area (TPSA) is 32.3 Å². The molecule has 0 aliphatic heterocycles. The van der Waals surface area contributed by atoms with Crippen molar-refractivity contribution in [1.29, 1.82) is 0 Å². The van der Waals surface area contributed by atoms with E-state index in [0.29, 0.717) is 0 Å². The number of anilines is 2. The van der Waals surface area contributed by atoms with Crippen molar-refractivity contribution in [2.75, 3.05) is 24.3 Å². The summed E-state index contributed by atoms with van der Waals surface area (Å²) in [6.45, 7) is 0. The molecule has 1 N–H and O–H groups in total. The van der Waals surface area contributed by atoms with Crippen LogP contribution in [0.25, 0.3) is 21.5 Å². The second-order valence-electron chi connectivity index (χ2n) is 4.97. The van der Waals surface area contributed by atoms with Crippen LogP contribution in [-0.4, -0.2) is 20.5 Å². The van der Waals surface area contributed by atoms with Gasteiger partial charge in [0.15, 0.2) is 0 Å². The van der Waals surface area contributed by atoms with Gasteiger partial charge in [-0.3, -0.25) is 4.79 Å². The van der Waals surface area contributed by atoms with E-state index in [2.05, 4.69) is 22.3 Å². The fourth-order valence-corrected chi connectivity index (χ4v) is 2.80. The Balaban J connectivity index is 2.58. The normalized spacial score (nSPS) is 10.7. The maximum atomic E-state index is 11.0. The number of hydrogen-bond donors (Lipinski definition) is 1. The lowest BCUT2D eigenvalue weighted by Gasteiger charge is -2.21. The summed E-state index contributed by atoms with van der Waals surface area (Å²) >= 11 is 0. The van der Waals surface area contributed by atoms with Gasteiger partial charge in [0.25, 0.3) is 0 Å². The van der Waals surface area contributed by atoms with Crippen LogP contribution in [0.2, 0.25) is 0 Å². The highest BCUT2D eigenvalue weighted by Gasteiger charge is 2.13. The molecule has 0 aromatic heterocycles. The minimum Gasteiger partial charge on any atom is -0.377 e. The van der Waals surface area contributed by atoms with Crippen LogP contribution in [0.15, 0.2) is 48.5 Å². The lowest BCUT2D eigenvalue weighted by Crippen LogP contribution is -2.10. The second-order valence-corrected chi connectivity index (χ2v) is 4.97. The van der Waals surface area contributed by atoms with Crippen molar-refractivity contribution < 1.29 is 4.79 Å². The third-order valence-electron chi connectivity index (χ3n) is 3.55. The molecule has 1 amide bonds. The van der Waals surface area contributed by atoms with Crippen LogP contribution in [0.1, 0.15) is 0 Å². The van der Waals surface area contributed by atoms with Crippen molar-refractivity contribution in [2.45, 2.75) is 0 Å². The number of nitrogens with zero attached hydrogens (tertiary/aromatic N) is 1. The molecular formula is C17H16N2O. The summed E-state index contributed by atoms with van der Waals surface area (Å²) in [5.41, 5.74) is 2.05. The van der Waals surface area contributed by atoms with Crippen molar-refractivity contribution in [3.8, 4) is 0 Å². The molecule has 3 aromatic rings. The predicted molar refractivity (Wildman–Crippen MR) is 85.5 cm³/mol. The number of nitrogens with one attached hydrogen (secondary N) is 1. The van der Waals surface area contributed by atoms with Crippen LogP contribution in [0.5, 0.6) is 0 Å². The predicted octanol–water partition coefficient (Wildman–Crippen LogP) is 3.63. The molecule has 0 unspecified atom stereocenters. The number of benzene rings is 3. The quantitative estimate of drug-likeness (QED) is 0.445. The Hall–Kier alpha value is -2.55. The SMILES string of the molecule is CN(C)c1c2ccccc2c(NC=O)c2ccccc12. The number of carbonyl (C=O) groups excluding carboxylic acids is 1. The molecule has 0 radical (unpaired) electrons. The van der Waals surface area contributed by atoms with Gasteiger partial charge in [-0.25, -0.2) is 0 Å². The number of carbonyl (C=O) groups is 1. The highest BCUT2D eigenvalue weighted by molar-refractivity contribution is 6.21. The van der Waals surface area contributed by atoms with Crippen LogP contribution < -0.4 is 10.2 Å². The lowest BCUT2D eigenvalue weighted by molar-refractivity contribution is -0.105. The molecule has 0 atom stereocenters. The average molecular weight is 264 g/mol. The zero-order valence-corrected chi connectivity index (χ0v) is 11.6. The molecule has 0 aliphatic carbocycles. The summed E-state index contributed by atoms with van der Waals surface area (Å²) in [6, 6.07) is 16.3. The Morgan fingerprint density at radius 2 is 1.30 bits per heavy atom. The molecule has 0 bridgehead atoms. The zero-order chi connectivity index (χ0) is 14.1. The van der Waals surface area contributed by atoms with Crippen molar-refractivity contribution in [3.63, 3.8) is 0 Å². The second kappa shape index (κ2) is 4.85. The summed E-state index contributed by atoms with van der Waals surface area (Å²) in [6.07, 6.45) is 0.740. The average Bonchev–Trinajstić information content (AvgIpc) is 2.47. The van der Waals surface area contributed by atoms with Crippen LogP contribution in [0.4, 0.5) is 11.4 Å². The molecule has 0 heterocycles. The van der Waals surface area contributed by atoms with E-state index in [-0.39, 0.29) is 0 Å². The van der Waals surface area contributed by atoms with E-state index in [4.69, 9.17) is 0 Å². The minimum absolute atomic E-state index is 0.740. The molecule has 0 spiro atoms. The van der Waals surface area contributed by atoms with Crippen LogP contribution in [0.3, 0.4) is 0 Å². The Morgan fingerprint density at radius 3 is 1.70 bits per heavy atom. The highest BCUT2D eigenvalue weighted by Crippen LogP contribution is 2.40. The maximum absolute atomic E-state index is 11.0. The van der Waals surface area contributed by atoms with Crippen LogP contribution >= 0.6 is 0 Å². The number of fused-ring (bicyclic) bond motifs is 2. The van der Waals surface area contributed by atoms with Gasteiger partial charge in [0, 0.05) is 35.6 Å². The summed E-state index contributed by atoms with van der Waals surface area (Å²) < 4.78 is 0. The van der Waals surface area contributed by atoms with Crippen LogP contribution in [0, 0.1) is 0 Å². The Morgan fingerprint density at radius 1 is 0.850 bits per heavy atom. The third-order valence-corrected chi connectivity index (χ3v) is 3.55. The van der Waals surface area contributed by atoms with E-state index >= 15 is 0 Å². The zero-order valence-electron chi connectivity index (χ0n) is 11.6. The summed E-state index contributed by atoms with van der Waals surface area (Å²) in [7, 11) is 4.09. The first kappa shape index (κ1) is 12.5. The largest absolute Gasteiger partial charge is 0.377 e. The molecule has 3 rings (SSSR count). The van der Waals surface area contributed by atoms with Gasteiger partial charge in [0.2, 0.25) is 6.41 Å². The third kappa shape index (κ3) is 1.79. The van der Waals surface area contributed by atoms with Gasteiger partial charge >= 0.3 is 0 Å². The highest BCUT2D eigenvalue weighted by atomic mass is 16.1. The first-order chi connectivity index (χ1) is 9.74. The number of amides is 1. The van der Waals surface area contributed by atoms with Crippen molar-refractivity contribution in [1.82, 2.24) is 0 Å². The van der Waals surface area contributed by atoms with E-state index in [0.717, 1.165) is 33.6 Å². The van der Waals surface area contributed by atoms with E-state index in [1.807, 2.05) is 50.5 Å². The summed E-state index contributed by atoms with van der Waals surface area (Å²) in [5.74, 6) is 0. The molecule has 3 nitrogen and oxygen atoms in total. The van der Waals surface area contributed by atoms with Gasteiger partial charge in [0.1, 0.15) is 0 Å². The fourth-order valence-electron chi connectivity index (χ4n) is 2.80. The van der Waals surface area contributed by atoms with Gasteiger partial charge in [0.05, 0.1) is 11.4 Å². The smallest absolute Gasteiger partial charge is 0.211 e. The van der Waals surface area contributed by atoms with Crippen molar-refractivity contribution >= 4 is 39.3 Å². The monoisotopic (exact) mass is 264 g/mol. The van der Waals surface area contributed by atoms with Gasteiger partial charge in [-0.05, 0) is 0 Å². The Bertz CT molecular complexity index is 736. The van der Waals surface area contributed by atoms with E-state index in [1.165, 1.54) is 5.69 Å². The summed E-state index contributed by atoms with van der Waals surface area (Å²) in [5, 5.41) is 7.25. The molecule has 100 valence electrons. The summed E-state index contributed by atoms with van der Waals surface area (Å²) in [4.78, 5) is 13.1. The van der Waals surface area contributed by atoms with Gasteiger partial charge in [-0.1, -0.05) is 48.5 Å². The van der Waals surface area contributed by atoms with E-state index < -0.39 is 0 Å². The van der Waals surface area contributed by atoms with Crippen molar-refractivity contribution in [3.05, 3.63) is 48.5 Å². The van der Waals surface area contributed by atoms with E-state index in [1.54, 1.807) is 0 Å². The molecule has 3 aromatic carbocycles. The molecule has 0 saturated carbocycles. The number of hydrogen-bond acceptors (Lipinski definition) is 2. The van der Waals surface area contributed by atoms with Gasteiger partial charge < -0.3 is 10.2 Å². The minimum atomic E-state index is 0.740. The lowest BCUT2D eigenvalue weighted by atomic mass is 9.98. The molecule has 0 aliphatic rings. The molecule has 0 saturated heterocycles. The standard InChI is InChI=1S/C17H16N2O/c1-19(2)17-14-9-5-3-7-12(14)16(18-11-20)13-8-4-6-10-15(13)17/h3-11H,1-2H3,(H,18,20). The molecule has 0 fully saturated rings. The first-order valence-electron chi connectivity index (χ1n) is 6.55. The van der Waals surface area contributed by atoms with Crippen molar-refractivity contribution in [2.24, 2.45) is 0 Å². The van der Waals surface area contributed by atoms with E-state index in [9.17, 15) is 4.79 Å². The Kier molecular flexibility index (Phi) is 3.03. The van der Waals surface area contributed by atoms with Gasteiger partial charge in [-0.15, -0.1) is 0 Å². The molecule has 3 heteroatoms.